The molecule has 158 valence electrons. The van der Waals surface area contributed by atoms with Gasteiger partial charge in [-0.1, -0.05) is 61.0 Å². The second-order valence-corrected chi connectivity index (χ2v) is 8.44. The number of hydrogen-bond acceptors (Lipinski definition) is 4. The van der Waals surface area contributed by atoms with Crippen LogP contribution in [-0.2, 0) is 4.79 Å². The lowest BCUT2D eigenvalue weighted by Crippen LogP contribution is -2.49. The third-order valence-electron chi connectivity index (χ3n) is 6.34. The molecule has 0 aromatic heterocycles. The van der Waals surface area contributed by atoms with Crippen LogP contribution in [0.15, 0.2) is 53.6 Å². The van der Waals surface area contributed by atoms with Crippen molar-refractivity contribution in [3.05, 3.63) is 70.8 Å². The number of amides is 1. The van der Waals surface area contributed by atoms with Crippen LogP contribution in [0.3, 0.4) is 0 Å². The maximum atomic E-state index is 13.4. The summed E-state index contributed by atoms with van der Waals surface area (Å²) in [6.45, 7) is 11.9. The lowest BCUT2D eigenvalue weighted by molar-refractivity contribution is -0.134. The molecular formula is C25H32N4O. The van der Waals surface area contributed by atoms with Gasteiger partial charge in [0.2, 0.25) is 0 Å². The molecule has 0 bridgehead atoms. The first-order valence-electron chi connectivity index (χ1n) is 11.0. The molecule has 2 aromatic rings. The van der Waals surface area contributed by atoms with Crippen LogP contribution in [0.4, 0.5) is 0 Å². The smallest absolute Gasteiger partial charge is 0.257 e. The Balaban J connectivity index is 1.58. The predicted molar refractivity (Wildman–Crippen MR) is 122 cm³/mol. The van der Waals surface area contributed by atoms with Gasteiger partial charge >= 0.3 is 0 Å². The molecule has 2 aliphatic heterocycles. The summed E-state index contributed by atoms with van der Waals surface area (Å²) in [6, 6.07) is 16.7. The fraction of sp³-hybridized carbons (Fsp3) is 0.440. The zero-order valence-corrected chi connectivity index (χ0v) is 18.3. The summed E-state index contributed by atoms with van der Waals surface area (Å²) in [4.78, 5) is 18.1. The molecule has 0 saturated carbocycles. The Hall–Kier alpha value is -2.50. The van der Waals surface area contributed by atoms with Crippen LogP contribution < -0.4 is 0 Å². The van der Waals surface area contributed by atoms with Crippen molar-refractivity contribution in [2.24, 2.45) is 5.10 Å². The normalized spacial score (nSPS) is 20.4. The van der Waals surface area contributed by atoms with Gasteiger partial charge in [-0.15, -0.1) is 0 Å². The van der Waals surface area contributed by atoms with E-state index in [1.54, 1.807) is 5.01 Å². The Bertz CT molecular complexity index is 916. The van der Waals surface area contributed by atoms with Crippen molar-refractivity contribution in [3.63, 3.8) is 0 Å². The van der Waals surface area contributed by atoms with Gasteiger partial charge in [0.05, 0.1) is 18.3 Å². The van der Waals surface area contributed by atoms with E-state index in [1.807, 2.05) is 18.2 Å². The van der Waals surface area contributed by atoms with Crippen molar-refractivity contribution >= 4 is 11.6 Å². The maximum Gasteiger partial charge on any atom is 0.257 e. The van der Waals surface area contributed by atoms with Crippen molar-refractivity contribution in [2.45, 2.75) is 33.2 Å². The highest BCUT2D eigenvalue weighted by Gasteiger charge is 2.34. The molecule has 1 amide bonds. The summed E-state index contributed by atoms with van der Waals surface area (Å²) >= 11 is 0. The van der Waals surface area contributed by atoms with Crippen LogP contribution in [0.2, 0.25) is 0 Å². The van der Waals surface area contributed by atoms with Gasteiger partial charge in [0, 0.05) is 32.6 Å². The van der Waals surface area contributed by atoms with Gasteiger partial charge in [0.1, 0.15) is 0 Å². The molecule has 2 aromatic carbocycles. The molecule has 1 atom stereocenters. The number of carbonyl (C=O) groups is 1. The molecule has 5 heteroatoms. The molecule has 0 unspecified atom stereocenters. The summed E-state index contributed by atoms with van der Waals surface area (Å²) in [5.74, 6) is 0.0942. The van der Waals surface area contributed by atoms with Crippen molar-refractivity contribution in [1.82, 2.24) is 14.8 Å². The minimum atomic E-state index is -0.0375. The average molecular weight is 405 g/mol. The van der Waals surface area contributed by atoms with E-state index in [-0.39, 0.29) is 11.9 Å². The van der Waals surface area contributed by atoms with Crippen LogP contribution in [0.25, 0.3) is 0 Å². The van der Waals surface area contributed by atoms with Crippen molar-refractivity contribution in [3.8, 4) is 0 Å². The number of likely N-dealkylation sites (N-methyl/N-ethyl adjacent to an activating group) is 1. The zero-order valence-electron chi connectivity index (χ0n) is 18.3. The standard InChI is InChI=1S/C25H32N4O/c1-4-27-12-14-28(15-13-27)18-25(30)29-24(22-16-19(2)10-11-20(22)3)17-23(26-29)21-8-6-5-7-9-21/h5-11,16,24H,4,12-15,17-18H2,1-3H3/t24-/m0/s1. The molecule has 5 nitrogen and oxygen atoms in total. The van der Waals surface area contributed by atoms with E-state index in [1.165, 1.54) is 16.7 Å². The van der Waals surface area contributed by atoms with E-state index >= 15 is 0 Å². The van der Waals surface area contributed by atoms with Gasteiger partial charge in [-0.3, -0.25) is 9.69 Å². The van der Waals surface area contributed by atoms with Crippen molar-refractivity contribution < 1.29 is 4.79 Å². The number of hydrogen-bond donors (Lipinski definition) is 0. The number of benzene rings is 2. The van der Waals surface area contributed by atoms with Crippen molar-refractivity contribution in [2.75, 3.05) is 39.3 Å². The van der Waals surface area contributed by atoms with Gasteiger partial charge in [0.15, 0.2) is 0 Å². The molecule has 2 aliphatic rings. The van der Waals surface area contributed by atoms with Gasteiger partial charge < -0.3 is 4.90 Å². The van der Waals surface area contributed by atoms with Crippen LogP contribution >= 0.6 is 0 Å². The van der Waals surface area contributed by atoms with E-state index in [0.717, 1.165) is 50.4 Å². The first-order valence-corrected chi connectivity index (χ1v) is 11.0. The Kier molecular flexibility index (Phi) is 6.30. The first kappa shape index (κ1) is 20.8. The third-order valence-corrected chi connectivity index (χ3v) is 6.34. The minimum Gasteiger partial charge on any atom is -0.301 e. The number of nitrogens with zero attached hydrogens (tertiary/aromatic N) is 4. The van der Waals surface area contributed by atoms with Crippen LogP contribution in [0.5, 0.6) is 0 Å². The monoisotopic (exact) mass is 404 g/mol. The maximum absolute atomic E-state index is 13.4. The van der Waals surface area contributed by atoms with Gasteiger partial charge in [-0.25, -0.2) is 5.01 Å². The highest BCUT2D eigenvalue weighted by atomic mass is 16.2. The van der Waals surface area contributed by atoms with Crippen LogP contribution in [0.1, 0.15) is 41.6 Å². The largest absolute Gasteiger partial charge is 0.301 e. The second-order valence-electron chi connectivity index (χ2n) is 8.44. The summed E-state index contributed by atoms with van der Waals surface area (Å²) in [5, 5.41) is 6.61. The van der Waals surface area contributed by atoms with Crippen LogP contribution in [-0.4, -0.2) is 65.7 Å². The Morgan fingerprint density at radius 1 is 1.00 bits per heavy atom. The molecule has 0 N–H and O–H groups in total. The Labute approximate surface area is 180 Å². The molecule has 0 radical (unpaired) electrons. The minimum absolute atomic E-state index is 0.0375. The highest BCUT2D eigenvalue weighted by Crippen LogP contribution is 2.35. The van der Waals surface area contributed by atoms with Crippen LogP contribution in [0, 0.1) is 13.8 Å². The summed E-state index contributed by atoms with van der Waals surface area (Å²) in [6.07, 6.45) is 0.754. The summed E-state index contributed by atoms with van der Waals surface area (Å²) in [5.41, 5.74) is 5.72. The molecular weight excluding hydrogens is 372 g/mol. The first-order chi connectivity index (χ1) is 14.5. The quantitative estimate of drug-likeness (QED) is 0.764. The van der Waals surface area contributed by atoms with E-state index in [4.69, 9.17) is 5.10 Å². The molecule has 0 aliphatic carbocycles. The molecule has 4 rings (SSSR count). The van der Waals surface area contributed by atoms with Crippen molar-refractivity contribution in [1.29, 1.82) is 0 Å². The lowest BCUT2D eigenvalue weighted by Gasteiger charge is -2.34. The fourth-order valence-corrected chi connectivity index (χ4v) is 4.43. The van der Waals surface area contributed by atoms with Gasteiger partial charge in [-0.2, -0.15) is 5.10 Å². The number of hydrazone groups is 1. The average Bonchev–Trinajstić information content (AvgIpc) is 3.22. The van der Waals surface area contributed by atoms with E-state index in [0.29, 0.717) is 6.54 Å². The zero-order chi connectivity index (χ0) is 21.1. The summed E-state index contributed by atoms with van der Waals surface area (Å²) in [7, 11) is 0. The Morgan fingerprint density at radius 2 is 1.70 bits per heavy atom. The molecule has 0 spiro atoms. The lowest BCUT2D eigenvalue weighted by atomic mass is 9.94. The van der Waals surface area contributed by atoms with Gasteiger partial charge in [-0.05, 0) is 37.1 Å². The second kappa shape index (κ2) is 9.11. The topological polar surface area (TPSA) is 39.1 Å². The molecule has 2 heterocycles. The number of aryl methyl sites for hydroxylation is 2. The van der Waals surface area contributed by atoms with E-state index < -0.39 is 0 Å². The van der Waals surface area contributed by atoms with E-state index in [9.17, 15) is 4.79 Å². The highest BCUT2D eigenvalue weighted by molar-refractivity contribution is 6.03. The SMILES string of the molecule is CCN1CCN(CC(=O)N2N=C(c3ccccc3)C[C@H]2c2cc(C)ccc2C)CC1. The number of carbonyl (C=O) groups excluding carboxylic acids is 1. The predicted octanol–water partition coefficient (Wildman–Crippen LogP) is 3.62. The fourth-order valence-electron chi connectivity index (χ4n) is 4.43. The summed E-state index contributed by atoms with van der Waals surface area (Å²) < 4.78 is 0. The van der Waals surface area contributed by atoms with Gasteiger partial charge in [0.25, 0.3) is 5.91 Å². The Morgan fingerprint density at radius 3 is 2.40 bits per heavy atom. The third kappa shape index (κ3) is 4.47. The number of rotatable bonds is 5. The molecule has 1 saturated heterocycles. The van der Waals surface area contributed by atoms with E-state index in [2.05, 4.69) is 60.9 Å². The molecule has 1 fully saturated rings. The molecule has 30 heavy (non-hydrogen) atoms. The number of piperazine rings is 1.